The van der Waals surface area contributed by atoms with Crippen LogP contribution in [0.25, 0.3) is 11.2 Å². The second kappa shape index (κ2) is 6.68. The Morgan fingerprint density at radius 3 is 2.64 bits per heavy atom. The molecule has 0 radical (unpaired) electrons. The number of rotatable bonds is 4. The summed E-state index contributed by atoms with van der Waals surface area (Å²) in [6, 6.07) is 0. The SMILES string of the molecule is Cc1nnnc2c1ncn2[C@@H]1O[C@H](CO[Si](C)(C)C(C)(C)C)[C@H]2OC(=S)O[C@H]21. The lowest BCUT2D eigenvalue weighted by Crippen LogP contribution is -2.44. The van der Waals surface area contributed by atoms with Crippen molar-refractivity contribution in [2.24, 2.45) is 0 Å². The van der Waals surface area contributed by atoms with E-state index in [9.17, 15) is 0 Å². The maximum Gasteiger partial charge on any atom is 0.353 e. The average Bonchev–Trinajstić information content (AvgIpc) is 3.26. The smallest absolute Gasteiger partial charge is 0.353 e. The quantitative estimate of drug-likeness (QED) is 0.543. The van der Waals surface area contributed by atoms with Gasteiger partial charge in [0, 0.05) is 12.2 Å². The first-order chi connectivity index (χ1) is 13.1. The summed E-state index contributed by atoms with van der Waals surface area (Å²) >= 11 is 5.15. The molecule has 4 atom stereocenters. The third-order valence-corrected chi connectivity index (χ3v) is 10.6. The minimum absolute atomic E-state index is 0.105. The van der Waals surface area contributed by atoms with Gasteiger partial charge >= 0.3 is 5.24 Å². The van der Waals surface area contributed by atoms with E-state index in [1.54, 1.807) is 10.9 Å². The van der Waals surface area contributed by atoms with Crippen LogP contribution in [0.15, 0.2) is 6.33 Å². The summed E-state index contributed by atoms with van der Waals surface area (Å²) in [5, 5.41) is 12.1. The van der Waals surface area contributed by atoms with Crippen molar-refractivity contribution >= 4 is 36.9 Å². The maximum absolute atomic E-state index is 6.37. The molecule has 2 fully saturated rings. The summed E-state index contributed by atoms with van der Waals surface area (Å²) < 4.78 is 26.0. The van der Waals surface area contributed by atoms with Crippen LogP contribution in [0.4, 0.5) is 0 Å². The molecule has 2 aromatic rings. The third-order valence-electron chi connectivity index (χ3n) is 5.88. The minimum atomic E-state index is -1.93. The average molecular weight is 424 g/mol. The van der Waals surface area contributed by atoms with Crippen LogP contribution in [0, 0.1) is 6.92 Å². The molecule has 2 aliphatic rings. The lowest BCUT2D eigenvalue weighted by atomic mass is 10.1. The minimum Gasteiger partial charge on any atom is -0.447 e. The number of hydrogen-bond donors (Lipinski definition) is 0. The monoisotopic (exact) mass is 423 g/mol. The fraction of sp³-hybridized carbons (Fsp3) is 0.706. The van der Waals surface area contributed by atoms with Crippen molar-refractivity contribution < 1.29 is 18.6 Å². The number of imidazole rings is 1. The number of nitrogens with zero attached hydrogens (tertiary/aromatic N) is 5. The number of aryl methyl sites for hydroxylation is 1. The van der Waals surface area contributed by atoms with E-state index in [4.69, 9.17) is 30.9 Å². The molecular weight excluding hydrogens is 398 g/mol. The highest BCUT2D eigenvalue weighted by Gasteiger charge is 2.54. The number of ether oxygens (including phenoxy) is 3. The first-order valence-electron chi connectivity index (χ1n) is 9.28. The molecule has 11 heteroatoms. The van der Waals surface area contributed by atoms with Crippen LogP contribution in [-0.2, 0) is 18.6 Å². The van der Waals surface area contributed by atoms with Crippen LogP contribution in [0.2, 0.25) is 18.1 Å². The summed E-state index contributed by atoms with van der Waals surface area (Å²) in [6.07, 6.45) is 0.138. The molecule has 2 aliphatic heterocycles. The van der Waals surface area contributed by atoms with Gasteiger partial charge in [-0.3, -0.25) is 4.57 Å². The summed E-state index contributed by atoms with van der Waals surface area (Å²) in [7, 11) is -1.93. The number of thiocarbonyl (C=S) groups is 1. The number of aromatic nitrogens is 5. The van der Waals surface area contributed by atoms with Gasteiger partial charge in [0.05, 0.1) is 18.6 Å². The highest BCUT2D eigenvalue weighted by molar-refractivity contribution is 7.79. The normalized spacial score (nSPS) is 27.7. The van der Waals surface area contributed by atoms with E-state index < -0.39 is 20.6 Å². The summed E-state index contributed by atoms with van der Waals surface area (Å²) in [5.74, 6) is 0. The van der Waals surface area contributed by atoms with Crippen molar-refractivity contribution in [3.05, 3.63) is 12.0 Å². The van der Waals surface area contributed by atoms with Crippen LogP contribution in [0.1, 0.15) is 32.7 Å². The zero-order valence-electron chi connectivity index (χ0n) is 16.9. The Morgan fingerprint density at radius 1 is 1.21 bits per heavy atom. The van der Waals surface area contributed by atoms with Crippen molar-refractivity contribution in [1.29, 1.82) is 0 Å². The molecule has 152 valence electrons. The van der Waals surface area contributed by atoms with Gasteiger partial charge in [-0.05, 0) is 30.3 Å². The van der Waals surface area contributed by atoms with E-state index >= 15 is 0 Å². The number of fused-ring (bicyclic) bond motifs is 2. The molecule has 0 unspecified atom stereocenters. The molecule has 0 amide bonds. The van der Waals surface area contributed by atoms with E-state index in [0.29, 0.717) is 23.5 Å². The molecule has 2 saturated heterocycles. The van der Waals surface area contributed by atoms with Crippen molar-refractivity contribution in [1.82, 2.24) is 25.0 Å². The predicted molar refractivity (Wildman–Crippen MR) is 107 cm³/mol. The van der Waals surface area contributed by atoms with Gasteiger partial charge in [-0.25, -0.2) is 4.98 Å². The number of hydrogen-bond acceptors (Lipinski definition) is 9. The van der Waals surface area contributed by atoms with Gasteiger partial charge in [-0.15, -0.1) is 10.2 Å². The third kappa shape index (κ3) is 3.19. The van der Waals surface area contributed by atoms with Crippen molar-refractivity contribution in [3.63, 3.8) is 0 Å². The Labute approximate surface area is 169 Å². The van der Waals surface area contributed by atoms with E-state index in [-0.39, 0.29) is 22.5 Å². The second-order valence-electron chi connectivity index (χ2n) is 8.75. The molecule has 0 aliphatic carbocycles. The van der Waals surface area contributed by atoms with Crippen molar-refractivity contribution in [3.8, 4) is 0 Å². The van der Waals surface area contributed by atoms with E-state index in [0.717, 1.165) is 0 Å². The van der Waals surface area contributed by atoms with Gasteiger partial charge in [0.25, 0.3) is 0 Å². The highest BCUT2D eigenvalue weighted by Crippen LogP contribution is 2.41. The Morgan fingerprint density at radius 2 is 1.93 bits per heavy atom. The van der Waals surface area contributed by atoms with E-state index in [2.05, 4.69) is 54.3 Å². The molecule has 0 aromatic carbocycles. The van der Waals surface area contributed by atoms with Crippen LogP contribution in [0.5, 0.6) is 0 Å². The topological polar surface area (TPSA) is 93.4 Å². The standard InChI is InChI=1S/C17H25N5O4SSi/c1-9-11-14(20-21-19-9)22(8-18-11)15-13-12(25-16(27)26-13)10(24-15)7-23-28(5,6)17(2,3)4/h8,10,12-13,15H,7H2,1-6H3/t10-,12-,13-,15-/m1/s1. The van der Waals surface area contributed by atoms with Crippen LogP contribution < -0.4 is 0 Å². The Hall–Kier alpha value is -1.69. The Bertz CT molecular complexity index is 915. The fourth-order valence-electron chi connectivity index (χ4n) is 3.17. The maximum atomic E-state index is 6.37. The molecule has 0 saturated carbocycles. The van der Waals surface area contributed by atoms with Gasteiger partial charge in [0.15, 0.2) is 32.4 Å². The van der Waals surface area contributed by atoms with Gasteiger partial charge in [-0.2, -0.15) is 0 Å². The van der Waals surface area contributed by atoms with E-state index in [1.165, 1.54) is 0 Å². The molecule has 2 aromatic heterocycles. The summed E-state index contributed by atoms with van der Waals surface area (Å²) in [4.78, 5) is 4.40. The largest absolute Gasteiger partial charge is 0.447 e. The highest BCUT2D eigenvalue weighted by atomic mass is 32.1. The van der Waals surface area contributed by atoms with E-state index in [1.807, 2.05) is 6.92 Å². The lowest BCUT2D eigenvalue weighted by Gasteiger charge is -2.37. The van der Waals surface area contributed by atoms with Crippen LogP contribution in [0.3, 0.4) is 0 Å². The van der Waals surface area contributed by atoms with Gasteiger partial charge in [0.2, 0.25) is 0 Å². The molecule has 4 heterocycles. The summed E-state index contributed by atoms with van der Waals surface area (Å²) in [6.45, 7) is 13.3. The molecule has 0 spiro atoms. The zero-order valence-corrected chi connectivity index (χ0v) is 18.7. The molecule has 0 bridgehead atoms. The Balaban J connectivity index is 1.60. The zero-order chi connectivity index (χ0) is 20.3. The summed E-state index contributed by atoms with van der Waals surface area (Å²) in [5.41, 5.74) is 1.97. The molecular formula is C17H25N5O4SSi. The molecule has 4 rings (SSSR count). The lowest BCUT2D eigenvalue weighted by molar-refractivity contribution is -0.0581. The van der Waals surface area contributed by atoms with Gasteiger partial charge in [-0.1, -0.05) is 20.8 Å². The second-order valence-corrected chi connectivity index (χ2v) is 13.9. The van der Waals surface area contributed by atoms with Crippen LogP contribution >= 0.6 is 12.2 Å². The van der Waals surface area contributed by atoms with Crippen LogP contribution in [-0.4, -0.2) is 63.4 Å². The Kier molecular flexibility index (Phi) is 4.68. The molecule has 28 heavy (non-hydrogen) atoms. The van der Waals surface area contributed by atoms with Gasteiger partial charge < -0.3 is 18.6 Å². The predicted octanol–water partition coefficient (Wildman–Crippen LogP) is 2.52. The first kappa shape index (κ1) is 19.6. The van der Waals surface area contributed by atoms with Gasteiger partial charge in [0.1, 0.15) is 11.6 Å². The van der Waals surface area contributed by atoms with Crippen molar-refractivity contribution in [2.75, 3.05) is 6.61 Å². The first-order valence-corrected chi connectivity index (χ1v) is 12.6. The molecule has 0 N–H and O–H groups in total. The van der Waals surface area contributed by atoms with Crippen molar-refractivity contribution in [2.45, 2.75) is 70.4 Å². The molecule has 9 nitrogen and oxygen atoms in total. The fourth-order valence-corrected chi connectivity index (χ4v) is 4.40.